The molecule has 1 aromatic carbocycles. The van der Waals surface area contributed by atoms with Crippen LogP contribution in [0, 0.1) is 0 Å². The van der Waals surface area contributed by atoms with Gasteiger partial charge in [0.15, 0.2) is 0 Å². The summed E-state index contributed by atoms with van der Waals surface area (Å²) in [4.78, 5) is 31.0. The Morgan fingerprint density at radius 3 is 2.17 bits per heavy atom. The smallest absolute Gasteiger partial charge is 0.355 e. The predicted molar refractivity (Wildman–Crippen MR) is 110 cm³/mol. The summed E-state index contributed by atoms with van der Waals surface area (Å²) < 4.78 is 15.2. The Morgan fingerprint density at radius 2 is 1.59 bits per heavy atom. The maximum absolute atomic E-state index is 12.4. The topological polar surface area (TPSA) is 71.5 Å². The van der Waals surface area contributed by atoms with Gasteiger partial charge in [-0.3, -0.25) is 4.90 Å². The van der Waals surface area contributed by atoms with Crippen LogP contribution in [0.1, 0.15) is 13.3 Å². The van der Waals surface area contributed by atoms with Gasteiger partial charge in [0.1, 0.15) is 12.4 Å². The quantitative estimate of drug-likeness (QED) is 0.664. The highest BCUT2D eigenvalue weighted by Crippen LogP contribution is 2.28. The molecule has 2 aliphatic rings. The number of rotatable bonds is 6. The van der Waals surface area contributed by atoms with Gasteiger partial charge in [-0.2, -0.15) is 0 Å². The number of esters is 2. The average molecular weight is 403 g/mol. The zero-order valence-electron chi connectivity index (χ0n) is 17.3. The molecule has 0 aliphatic carbocycles. The zero-order valence-corrected chi connectivity index (χ0v) is 17.3. The summed E-state index contributed by atoms with van der Waals surface area (Å²) in [7, 11) is 2.57. The summed E-state index contributed by atoms with van der Waals surface area (Å²) >= 11 is 0. The van der Waals surface area contributed by atoms with E-state index < -0.39 is 11.9 Å². The van der Waals surface area contributed by atoms with Crippen molar-refractivity contribution in [2.24, 2.45) is 0 Å². The Bertz CT molecular complexity index is 754. The van der Waals surface area contributed by atoms with E-state index in [0.29, 0.717) is 0 Å². The second-order valence-corrected chi connectivity index (χ2v) is 7.06. The van der Waals surface area contributed by atoms with E-state index in [4.69, 9.17) is 14.2 Å². The Hall–Kier alpha value is -2.58. The fourth-order valence-corrected chi connectivity index (χ4v) is 3.74. The van der Waals surface area contributed by atoms with Crippen molar-refractivity contribution < 1.29 is 23.8 Å². The number of nitrogens with zero attached hydrogens (tertiary/aromatic N) is 3. The number of anilines is 2. The van der Waals surface area contributed by atoms with Crippen LogP contribution in [0.4, 0.5) is 11.4 Å². The molecule has 0 radical (unpaired) electrons. The van der Waals surface area contributed by atoms with Crippen molar-refractivity contribution in [2.75, 3.05) is 70.1 Å². The maximum Gasteiger partial charge on any atom is 0.355 e. The van der Waals surface area contributed by atoms with Gasteiger partial charge < -0.3 is 24.0 Å². The lowest BCUT2D eigenvalue weighted by Crippen LogP contribution is -2.46. The third-order valence-corrected chi connectivity index (χ3v) is 5.27. The molecule has 1 aromatic rings. The van der Waals surface area contributed by atoms with Crippen LogP contribution in [0.15, 0.2) is 35.5 Å². The predicted octanol–water partition coefficient (Wildman–Crippen LogP) is 1.61. The fraction of sp³-hybridized carbons (Fsp3) is 0.524. The molecule has 0 saturated carbocycles. The van der Waals surface area contributed by atoms with E-state index in [1.807, 2.05) is 24.3 Å². The van der Waals surface area contributed by atoms with E-state index >= 15 is 0 Å². The summed E-state index contributed by atoms with van der Waals surface area (Å²) in [6.45, 7) is 7.62. The minimum absolute atomic E-state index is 0.00767. The lowest BCUT2D eigenvalue weighted by atomic mass is 10.1. The van der Waals surface area contributed by atoms with E-state index in [2.05, 4.69) is 16.7 Å². The molecule has 0 aromatic heterocycles. The number of benzene rings is 1. The van der Waals surface area contributed by atoms with Gasteiger partial charge in [-0.25, -0.2) is 9.59 Å². The first kappa shape index (κ1) is 21.1. The van der Waals surface area contributed by atoms with Gasteiger partial charge in [-0.1, -0.05) is 6.92 Å². The number of carbonyl (C=O) groups is 2. The van der Waals surface area contributed by atoms with E-state index in [0.717, 1.165) is 44.1 Å². The van der Waals surface area contributed by atoms with Crippen LogP contribution in [-0.2, 0) is 23.8 Å². The molecular formula is C21H29N3O5. The molecule has 0 bridgehead atoms. The van der Waals surface area contributed by atoms with E-state index in [-0.39, 0.29) is 24.6 Å². The minimum atomic E-state index is -0.600. The van der Waals surface area contributed by atoms with Crippen molar-refractivity contribution in [1.29, 1.82) is 0 Å². The summed E-state index contributed by atoms with van der Waals surface area (Å²) in [5.74, 6) is -1.19. The Balaban J connectivity index is 1.79. The fourth-order valence-electron chi connectivity index (χ4n) is 3.74. The molecule has 0 atom stereocenters. The highest BCUT2D eigenvalue weighted by atomic mass is 16.5. The van der Waals surface area contributed by atoms with Crippen LogP contribution in [0.2, 0.25) is 0 Å². The molecule has 0 N–H and O–H groups in total. The second kappa shape index (κ2) is 9.76. The molecule has 8 heteroatoms. The lowest BCUT2D eigenvalue weighted by Gasteiger charge is -2.36. The maximum atomic E-state index is 12.4. The van der Waals surface area contributed by atoms with Gasteiger partial charge in [-0.15, -0.1) is 0 Å². The van der Waals surface area contributed by atoms with E-state index in [1.54, 1.807) is 4.90 Å². The van der Waals surface area contributed by atoms with Crippen molar-refractivity contribution in [3.8, 4) is 0 Å². The van der Waals surface area contributed by atoms with Gasteiger partial charge in [0.05, 0.1) is 26.4 Å². The Morgan fingerprint density at radius 1 is 0.966 bits per heavy atom. The van der Waals surface area contributed by atoms with E-state index in [9.17, 15) is 9.59 Å². The van der Waals surface area contributed by atoms with Crippen molar-refractivity contribution in [3.05, 3.63) is 35.5 Å². The number of methoxy groups -OCH3 is 2. The van der Waals surface area contributed by atoms with Gasteiger partial charge in [-0.05, 0) is 37.2 Å². The molecule has 29 heavy (non-hydrogen) atoms. The van der Waals surface area contributed by atoms with Gasteiger partial charge in [0.25, 0.3) is 0 Å². The Labute approximate surface area is 171 Å². The number of hydrogen-bond acceptors (Lipinski definition) is 8. The molecule has 1 saturated heterocycles. The minimum Gasteiger partial charge on any atom is -0.466 e. The highest BCUT2D eigenvalue weighted by molar-refractivity contribution is 6.03. The number of piperazine rings is 1. The van der Waals surface area contributed by atoms with Crippen molar-refractivity contribution in [1.82, 2.24) is 4.90 Å². The van der Waals surface area contributed by atoms with Crippen molar-refractivity contribution in [3.63, 3.8) is 0 Å². The second-order valence-electron chi connectivity index (χ2n) is 7.06. The summed E-state index contributed by atoms with van der Waals surface area (Å²) in [5.41, 5.74) is 2.20. The molecular weight excluding hydrogens is 374 g/mol. The zero-order chi connectivity index (χ0) is 20.8. The van der Waals surface area contributed by atoms with Crippen LogP contribution >= 0.6 is 0 Å². The standard InChI is InChI=1S/C21H29N3O5/c1-4-9-22-10-12-23(13-11-22)16-5-7-17(8-6-16)24-15-29-14-18(20(25)27-2)19(24)21(26)28-3/h5-8H,4,9-15H2,1-3H3. The largest absolute Gasteiger partial charge is 0.466 e. The normalized spacial score (nSPS) is 18.0. The van der Waals surface area contributed by atoms with Crippen LogP contribution in [0.25, 0.3) is 0 Å². The monoisotopic (exact) mass is 403 g/mol. The van der Waals surface area contributed by atoms with Gasteiger partial charge >= 0.3 is 11.9 Å². The van der Waals surface area contributed by atoms with Crippen LogP contribution in [-0.4, -0.2) is 77.1 Å². The van der Waals surface area contributed by atoms with Crippen LogP contribution in [0.3, 0.4) is 0 Å². The van der Waals surface area contributed by atoms with E-state index in [1.165, 1.54) is 20.6 Å². The third kappa shape index (κ3) is 4.71. The first-order valence-electron chi connectivity index (χ1n) is 9.91. The summed E-state index contributed by atoms with van der Waals surface area (Å²) in [5, 5.41) is 0. The molecule has 0 unspecified atom stereocenters. The van der Waals surface area contributed by atoms with Crippen molar-refractivity contribution >= 4 is 23.3 Å². The molecule has 8 nitrogen and oxygen atoms in total. The first-order valence-corrected chi connectivity index (χ1v) is 9.91. The number of hydrogen-bond donors (Lipinski definition) is 0. The SMILES string of the molecule is CCCN1CCN(c2ccc(N3COCC(C(=O)OC)=C3C(=O)OC)cc2)CC1. The van der Waals surface area contributed by atoms with Crippen molar-refractivity contribution in [2.45, 2.75) is 13.3 Å². The molecule has 2 aliphatic heterocycles. The number of ether oxygens (including phenoxy) is 3. The van der Waals surface area contributed by atoms with Crippen LogP contribution < -0.4 is 9.80 Å². The third-order valence-electron chi connectivity index (χ3n) is 5.27. The van der Waals surface area contributed by atoms with Crippen LogP contribution in [0.5, 0.6) is 0 Å². The molecule has 1 fully saturated rings. The lowest BCUT2D eigenvalue weighted by molar-refractivity contribution is -0.140. The summed E-state index contributed by atoms with van der Waals surface area (Å²) in [6, 6.07) is 7.93. The molecule has 158 valence electrons. The van der Waals surface area contributed by atoms with Gasteiger partial charge in [0.2, 0.25) is 0 Å². The highest BCUT2D eigenvalue weighted by Gasteiger charge is 2.32. The molecule has 3 rings (SSSR count). The van der Waals surface area contributed by atoms with Gasteiger partial charge in [0, 0.05) is 37.6 Å². The molecule has 0 amide bonds. The number of carbonyl (C=O) groups excluding carboxylic acids is 2. The average Bonchev–Trinajstić information content (AvgIpc) is 2.78. The molecule has 0 spiro atoms. The first-order chi connectivity index (χ1) is 14.1. The Kier molecular flexibility index (Phi) is 7.11. The summed E-state index contributed by atoms with van der Waals surface area (Å²) in [6.07, 6.45) is 1.18. The molecule has 2 heterocycles.